The van der Waals surface area contributed by atoms with Crippen molar-refractivity contribution in [2.45, 2.75) is 18.6 Å². The number of amides is 1. The molecule has 1 aliphatic carbocycles. The number of carboxylic acid groups (broad SMARTS) is 1. The second-order valence-corrected chi connectivity index (χ2v) is 2.31. The van der Waals surface area contributed by atoms with Gasteiger partial charge in [-0.25, -0.2) is 10.7 Å². The molecule has 0 aromatic carbocycles. The predicted octanol–water partition coefficient (Wildman–Crippen LogP) is -0.159. The Bertz CT molecular complexity index is 181. The van der Waals surface area contributed by atoms with Crippen LogP contribution in [0.1, 0.15) is 6.42 Å². The highest BCUT2D eigenvalue weighted by Gasteiger charge is 2.24. The smallest absolute Gasteiger partial charge is 0.405 e. The Morgan fingerprint density at radius 1 is 1.82 bits per heavy atom. The highest BCUT2D eigenvalue weighted by Crippen LogP contribution is 2.12. The molecule has 0 unspecified atom stereocenters. The van der Waals surface area contributed by atoms with E-state index in [0.29, 0.717) is 6.42 Å². The molecule has 1 rings (SSSR count). The van der Waals surface area contributed by atoms with Crippen molar-refractivity contribution in [2.24, 2.45) is 5.90 Å². The molecule has 62 valence electrons. The van der Waals surface area contributed by atoms with E-state index in [0.717, 1.165) is 0 Å². The van der Waals surface area contributed by atoms with Crippen molar-refractivity contribution in [3.05, 3.63) is 12.2 Å². The lowest BCUT2D eigenvalue weighted by Gasteiger charge is -2.15. The number of carbonyl (C=O) groups is 1. The lowest BCUT2D eigenvalue weighted by atomic mass is 10.2. The Morgan fingerprint density at radius 3 is 3.09 bits per heavy atom. The third kappa shape index (κ3) is 1.92. The highest BCUT2D eigenvalue weighted by molar-refractivity contribution is 5.65. The van der Waals surface area contributed by atoms with Gasteiger partial charge in [0.1, 0.15) is 6.10 Å². The molecule has 0 fully saturated rings. The molecule has 5 nitrogen and oxygen atoms in total. The van der Waals surface area contributed by atoms with Crippen molar-refractivity contribution in [3.8, 4) is 0 Å². The van der Waals surface area contributed by atoms with E-state index in [1.54, 1.807) is 6.08 Å². The van der Waals surface area contributed by atoms with E-state index in [1.165, 1.54) is 0 Å². The number of nitrogens with two attached hydrogens (primary N) is 1. The number of hydrogen-bond acceptors (Lipinski definition) is 3. The van der Waals surface area contributed by atoms with Gasteiger partial charge in [-0.1, -0.05) is 12.2 Å². The van der Waals surface area contributed by atoms with E-state index in [9.17, 15) is 4.79 Å². The van der Waals surface area contributed by atoms with E-state index < -0.39 is 6.09 Å². The summed E-state index contributed by atoms with van der Waals surface area (Å²) >= 11 is 0. The van der Waals surface area contributed by atoms with E-state index in [-0.39, 0.29) is 12.1 Å². The molecular formula is C6H10N2O3. The maximum atomic E-state index is 10.2. The molecule has 0 bridgehead atoms. The average Bonchev–Trinajstić information content (AvgIpc) is 2.34. The van der Waals surface area contributed by atoms with Crippen molar-refractivity contribution in [1.82, 2.24) is 5.32 Å². The topological polar surface area (TPSA) is 84.6 Å². The zero-order valence-corrected chi connectivity index (χ0v) is 5.86. The number of hydrogen-bond donors (Lipinski definition) is 3. The second-order valence-electron chi connectivity index (χ2n) is 2.31. The maximum Gasteiger partial charge on any atom is 0.405 e. The van der Waals surface area contributed by atoms with Crippen LogP contribution in [-0.4, -0.2) is 23.3 Å². The SMILES string of the molecule is NO[C@@H]1CC=C[C@@H]1NC(=O)O. The monoisotopic (exact) mass is 158 g/mol. The van der Waals surface area contributed by atoms with Crippen molar-refractivity contribution >= 4 is 6.09 Å². The quantitative estimate of drug-likeness (QED) is 0.385. The largest absolute Gasteiger partial charge is 0.465 e. The fraction of sp³-hybridized carbons (Fsp3) is 0.500. The van der Waals surface area contributed by atoms with Crippen molar-refractivity contribution in [1.29, 1.82) is 0 Å². The van der Waals surface area contributed by atoms with Crippen molar-refractivity contribution in [3.63, 3.8) is 0 Å². The van der Waals surface area contributed by atoms with Gasteiger partial charge in [0.2, 0.25) is 0 Å². The molecule has 11 heavy (non-hydrogen) atoms. The van der Waals surface area contributed by atoms with Gasteiger partial charge in [-0.05, 0) is 6.42 Å². The molecule has 0 heterocycles. The third-order valence-corrected chi connectivity index (χ3v) is 1.58. The zero-order chi connectivity index (χ0) is 8.27. The number of rotatable bonds is 2. The summed E-state index contributed by atoms with van der Waals surface area (Å²) in [5.74, 6) is 4.93. The molecular weight excluding hydrogens is 148 g/mol. The van der Waals surface area contributed by atoms with Crippen LogP contribution >= 0.6 is 0 Å². The van der Waals surface area contributed by atoms with Crippen molar-refractivity contribution < 1.29 is 14.7 Å². The molecule has 0 saturated heterocycles. The van der Waals surface area contributed by atoms with E-state index in [1.807, 2.05) is 6.08 Å². The third-order valence-electron chi connectivity index (χ3n) is 1.58. The minimum Gasteiger partial charge on any atom is -0.465 e. The first-order valence-electron chi connectivity index (χ1n) is 3.25. The van der Waals surface area contributed by atoms with Crippen LogP contribution in [0.4, 0.5) is 4.79 Å². The summed E-state index contributed by atoms with van der Waals surface area (Å²) in [6, 6.07) is -0.308. The summed E-state index contributed by atoms with van der Waals surface area (Å²) in [7, 11) is 0. The van der Waals surface area contributed by atoms with Crippen LogP contribution in [0.5, 0.6) is 0 Å². The van der Waals surface area contributed by atoms with Gasteiger partial charge in [-0.3, -0.25) is 4.84 Å². The highest BCUT2D eigenvalue weighted by atomic mass is 16.6. The molecule has 0 spiro atoms. The number of nitrogens with one attached hydrogen (secondary N) is 1. The van der Waals surface area contributed by atoms with E-state index in [4.69, 9.17) is 11.0 Å². The van der Waals surface area contributed by atoms with Crippen LogP contribution in [0.25, 0.3) is 0 Å². The average molecular weight is 158 g/mol. The summed E-state index contributed by atoms with van der Waals surface area (Å²) in [5, 5.41) is 10.6. The molecule has 5 heteroatoms. The maximum absolute atomic E-state index is 10.2. The van der Waals surface area contributed by atoms with Crippen molar-refractivity contribution in [2.75, 3.05) is 0 Å². The summed E-state index contributed by atoms with van der Waals surface area (Å²) in [4.78, 5) is 14.7. The van der Waals surface area contributed by atoms with Gasteiger partial charge in [0.25, 0.3) is 0 Å². The normalized spacial score (nSPS) is 28.8. The standard InChI is InChI=1S/C6H10N2O3/c7-11-5-3-1-2-4(5)8-6(9)10/h1-2,4-5,8H,3,7H2,(H,9,10)/t4-,5+/m0/s1. The first-order chi connectivity index (χ1) is 5.24. The molecule has 1 aliphatic rings. The second kappa shape index (κ2) is 3.36. The van der Waals surface area contributed by atoms with Crippen LogP contribution < -0.4 is 11.2 Å². The summed E-state index contributed by atoms with van der Waals surface area (Å²) in [6.45, 7) is 0. The Morgan fingerprint density at radius 2 is 2.55 bits per heavy atom. The van der Waals surface area contributed by atoms with Gasteiger partial charge in [0, 0.05) is 0 Å². The van der Waals surface area contributed by atoms with Crippen LogP contribution in [0.15, 0.2) is 12.2 Å². The van der Waals surface area contributed by atoms with Gasteiger partial charge in [0.15, 0.2) is 0 Å². The Hall–Kier alpha value is -1.07. The molecule has 0 aliphatic heterocycles. The lowest BCUT2D eigenvalue weighted by Crippen LogP contribution is -2.41. The minimum absolute atomic E-state index is 0.258. The predicted molar refractivity (Wildman–Crippen MR) is 37.8 cm³/mol. The molecule has 0 aromatic heterocycles. The molecule has 0 saturated carbocycles. The van der Waals surface area contributed by atoms with E-state index in [2.05, 4.69) is 10.2 Å². The van der Waals surface area contributed by atoms with E-state index >= 15 is 0 Å². The Kier molecular flexibility index (Phi) is 2.45. The summed E-state index contributed by atoms with van der Waals surface area (Å²) < 4.78 is 0. The van der Waals surface area contributed by atoms with Crippen LogP contribution in [0, 0.1) is 0 Å². The minimum atomic E-state index is -1.07. The molecule has 0 radical (unpaired) electrons. The summed E-state index contributed by atoms with van der Waals surface area (Å²) in [5.41, 5.74) is 0. The van der Waals surface area contributed by atoms with Crippen LogP contribution in [0.2, 0.25) is 0 Å². The first-order valence-corrected chi connectivity index (χ1v) is 3.25. The molecule has 1 amide bonds. The van der Waals surface area contributed by atoms with Crippen LogP contribution in [0.3, 0.4) is 0 Å². The Balaban J connectivity index is 2.43. The zero-order valence-electron chi connectivity index (χ0n) is 5.86. The first kappa shape index (κ1) is 8.03. The fourth-order valence-corrected chi connectivity index (χ4v) is 1.05. The Labute approximate surface area is 63.8 Å². The fourth-order valence-electron chi connectivity index (χ4n) is 1.05. The summed E-state index contributed by atoms with van der Waals surface area (Å²) in [6.07, 6.45) is 2.89. The van der Waals surface area contributed by atoms with Gasteiger partial charge in [0.05, 0.1) is 6.04 Å². The van der Waals surface area contributed by atoms with Gasteiger partial charge < -0.3 is 10.4 Å². The lowest BCUT2D eigenvalue weighted by molar-refractivity contribution is 0.0450. The van der Waals surface area contributed by atoms with Gasteiger partial charge >= 0.3 is 6.09 Å². The van der Waals surface area contributed by atoms with Gasteiger partial charge in [-0.15, -0.1) is 0 Å². The molecule has 2 atom stereocenters. The van der Waals surface area contributed by atoms with Crippen LogP contribution in [-0.2, 0) is 4.84 Å². The molecule has 0 aromatic rings. The van der Waals surface area contributed by atoms with Gasteiger partial charge in [-0.2, -0.15) is 0 Å². The molecule has 4 N–H and O–H groups in total.